The van der Waals surface area contributed by atoms with Gasteiger partial charge in [0.1, 0.15) is 5.75 Å². The molecule has 94 valence electrons. The summed E-state index contributed by atoms with van der Waals surface area (Å²) in [5.41, 5.74) is 0.879. The van der Waals surface area contributed by atoms with Gasteiger partial charge in [-0.1, -0.05) is 47.3 Å². The normalized spacial score (nSPS) is 10.3. The van der Waals surface area contributed by atoms with Gasteiger partial charge in [0.05, 0.1) is 6.61 Å². The molecule has 0 unspecified atom stereocenters. The number of benzene rings is 1. The molecule has 6 heteroatoms. The largest absolute Gasteiger partial charge is 0.465 e. The first-order valence-corrected chi connectivity index (χ1v) is 6.45. The van der Waals surface area contributed by atoms with E-state index in [2.05, 4.69) is 10.1 Å². The fourth-order valence-corrected chi connectivity index (χ4v) is 1.86. The maximum absolute atomic E-state index is 11.2. The second-order valence-corrected chi connectivity index (χ2v) is 4.27. The highest BCUT2D eigenvalue weighted by atomic mass is 32.2. The van der Waals surface area contributed by atoms with Crippen molar-refractivity contribution in [2.24, 2.45) is 0 Å². The number of rotatable bonds is 5. The van der Waals surface area contributed by atoms with Crippen molar-refractivity contribution in [1.82, 2.24) is 10.1 Å². The summed E-state index contributed by atoms with van der Waals surface area (Å²) >= 11 is 1.17. The van der Waals surface area contributed by atoms with Crippen LogP contribution in [0, 0.1) is 0 Å². The van der Waals surface area contributed by atoms with Crippen LogP contribution in [0.15, 0.2) is 40.1 Å². The van der Waals surface area contributed by atoms with Crippen molar-refractivity contribution in [3.05, 3.63) is 30.3 Å². The lowest BCUT2D eigenvalue weighted by atomic mass is 10.2. The smallest absolute Gasteiger partial charge is 0.316 e. The van der Waals surface area contributed by atoms with E-state index in [1.807, 2.05) is 30.3 Å². The molecule has 0 bridgehead atoms. The fraction of sp³-hybridized carbons (Fsp3) is 0.250. The van der Waals surface area contributed by atoms with Crippen LogP contribution in [0.4, 0.5) is 0 Å². The number of hydrogen-bond acceptors (Lipinski definition) is 6. The molecule has 0 N–H and O–H groups in total. The van der Waals surface area contributed by atoms with Crippen molar-refractivity contribution < 1.29 is 14.1 Å². The predicted octanol–water partition coefficient (Wildman–Crippen LogP) is 2.39. The highest BCUT2D eigenvalue weighted by Crippen LogP contribution is 2.20. The van der Waals surface area contributed by atoms with Crippen LogP contribution in [0.5, 0.6) is 0 Å². The molecular formula is C12H12N2O3S. The van der Waals surface area contributed by atoms with Crippen LogP contribution in [0.25, 0.3) is 11.4 Å². The number of nitrogens with zero attached hydrogens (tertiary/aromatic N) is 2. The van der Waals surface area contributed by atoms with E-state index in [9.17, 15) is 4.79 Å². The molecule has 18 heavy (non-hydrogen) atoms. The van der Waals surface area contributed by atoms with E-state index in [4.69, 9.17) is 9.26 Å². The van der Waals surface area contributed by atoms with Crippen molar-refractivity contribution in [3.63, 3.8) is 0 Å². The predicted molar refractivity (Wildman–Crippen MR) is 67.1 cm³/mol. The number of hydrogen-bond donors (Lipinski definition) is 0. The van der Waals surface area contributed by atoms with E-state index >= 15 is 0 Å². The van der Waals surface area contributed by atoms with Gasteiger partial charge in [0.15, 0.2) is 0 Å². The molecular weight excluding hydrogens is 252 g/mol. The van der Waals surface area contributed by atoms with Gasteiger partial charge in [0.25, 0.3) is 5.22 Å². The first-order chi connectivity index (χ1) is 8.79. The SMILES string of the molecule is CCOC(=O)CSc1nc(-c2ccccc2)no1. The van der Waals surface area contributed by atoms with Gasteiger partial charge in [-0.05, 0) is 6.92 Å². The summed E-state index contributed by atoms with van der Waals surface area (Å²) in [7, 11) is 0. The maximum Gasteiger partial charge on any atom is 0.316 e. The Kier molecular flexibility index (Phi) is 4.35. The van der Waals surface area contributed by atoms with E-state index in [-0.39, 0.29) is 11.7 Å². The first-order valence-electron chi connectivity index (χ1n) is 5.47. The Morgan fingerprint density at radius 2 is 2.17 bits per heavy atom. The van der Waals surface area contributed by atoms with E-state index in [0.29, 0.717) is 17.7 Å². The summed E-state index contributed by atoms with van der Waals surface area (Å²) in [6.45, 7) is 2.14. The number of thioether (sulfide) groups is 1. The molecule has 1 heterocycles. The minimum Gasteiger partial charge on any atom is -0.465 e. The molecule has 0 aliphatic carbocycles. The van der Waals surface area contributed by atoms with Gasteiger partial charge in [0.2, 0.25) is 5.82 Å². The van der Waals surface area contributed by atoms with Crippen molar-refractivity contribution in [2.45, 2.75) is 12.1 Å². The van der Waals surface area contributed by atoms with Crippen LogP contribution in [0.3, 0.4) is 0 Å². The minimum atomic E-state index is -0.290. The van der Waals surface area contributed by atoms with Gasteiger partial charge in [0, 0.05) is 5.56 Å². The van der Waals surface area contributed by atoms with Crippen LogP contribution in [0.2, 0.25) is 0 Å². The topological polar surface area (TPSA) is 65.2 Å². The van der Waals surface area contributed by atoms with E-state index in [1.165, 1.54) is 11.8 Å². The third-order valence-corrected chi connectivity index (χ3v) is 2.85. The number of esters is 1. The highest BCUT2D eigenvalue weighted by molar-refractivity contribution is 7.99. The number of carbonyl (C=O) groups is 1. The van der Waals surface area contributed by atoms with Crippen molar-refractivity contribution in [1.29, 1.82) is 0 Å². The van der Waals surface area contributed by atoms with Gasteiger partial charge < -0.3 is 9.26 Å². The third kappa shape index (κ3) is 3.33. The number of carbonyl (C=O) groups excluding carboxylic acids is 1. The Morgan fingerprint density at radius 1 is 1.39 bits per heavy atom. The van der Waals surface area contributed by atoms with Gasteiger partial charge in [-0.2, -0.15) is 4.98 Å². The quantitative estimate of drug-likeness (QED) is 0.610. The Bertz CT molecular complexity index is 513. The number of ether oxygens (including phenoxy) is 1. The molecule has 0 fully saturated rings. The average Bonchev–Trinajstić information content (AvgIpc) is 2.87. The molecule has 0 aliphatic rings. The molecule has 0 saturated carbocycles. The van der Waals surface area contributed by atoms with E-state index in [1.54, 1.807) is 6.92 Å². The Hall–Kier alpha value is -1.82. The van der Waals surface area contributed by atoms with Crippen LogP contribution in [-0.2, 0) is 9.53 Å². The van der Waals surface area contributed by atoms with Crippen molar-refractivity contribution in [2.75, 3.05) is 12.4 Å². The summed E-state index contributed by atoms with van der Waals surface area (Å²) in [6.07, 6.45) is 0. The summed E-state index contributed by atoms with van der Waals surface area (Å²) in [6, 6.07) is 9.50. The lowest BCUT2D eigenvalue weighted by molar-refractivity contribution is -0.139. The van der Waals surface area contributed by atoms with Gasteiger partial charge >= 0.3 is 5.97 Å². The van der Waals surface area contributed by atoms with E-state index in [0.717, 1.165) is 5.56 Å². The molecule has 0 atom stereocenters. The molecule has 1 aromatic heterocycles. The molecule has 0 spiro atoms. The lowest BCUT2D eigenvalue weighted by Crippen LogP contribution is -2.06. The van der Waals surface area contributed by atoms with Gasteiger partial charge in [-0.3, -0.25) is 4.79 Å². The molecule has 5 nitrogen and oxygen atoms in total. The second-order valence-electron chi connectivity index (χ2n) is 3.34. The van der Waals surface area contributed by atoms with E-state index < -0.39 is 0 Å². The zero-order valence-corrected chi connectivity index (χ0v) is 10.6. The van der Waals surface area contributed by atoms with Crippen molar-refractivity contribution >= 4 is 17.7 Å². The standard InChI is InChI=1S/C12H12N2O3S/c1-2-16-10(15)8-18-12-13-11(14-17-12)9-6-4-3-5-7-9/h3-7H,2,8H2,1H3. The lowest BCUT2D eigenvalue weighted by Gasteiger charge is -1.97. The molecule has 1 aromatic carbocycles. The summed E-state index contributed by atoms with van der Waals surface area (Å²) in [4.78, 5) is 15.4. The molecule has 2 rings (SSSR count). The molecule has 2 aromatic rings. The monoisotopic (exact) mass is 264 g/mol. The Morgan fingerprint density at radius 3 is 2.89 bits per heavy atom. The van der Waals surface area contributed by atoms with Gasteiger partial charge in [-0.25, -0.2) is 0 Å². The summed E-state index contributed by atoms with van der Waals surface area (Å²) < 4.78 is 9.85. The zero-order chi connectivity index (χ0) is 12.8. The molecule has 0 saturated heterocycles. The average molecular weight is 264 g/mol. The minimum absolute atomic E-state index is 0.171. The fourth-order valence-electron chi connectivity index (χ4n) is 1.30. The van der Waals surface area contributed by atoms with Crippen molar-refractivity contribution in [3.8, 4) is 11.4 Å². The van der Waals surface area contributed by atoms with Crippen LogP contribution in [-0.4, -0.2) is 28.5 Å². The summed E-state index contributed by atoms with van der Waals surface area (Å²) in [5, 5.41) is 4.21. The second kappa shape index (κ2) is 6.20. The van der Waals surface area contributed by atoms with Crippen LogP contribution >= 0.6 is 11.8 Å². The zero-order valence-electron chi connectivity index (χ0n) is 9.83. The number of aromatic nitrogens is 2. The highest BCUT2D eigenvalue weighted by Gasteiger charge is 2.11. The van der Waals surface area contributed by atoms with Crippen LogP contribution in [0.1, 0.15) is 6.92 Å². The molecule has 0 aliphatic heterocycles. The Balaban J connectivity index is 1.97. The third-order valence-electron chi connectivity index (χ3n) is 2.06. The maximum atomic E-state index is 11.2. The summed E-state index contributed by atoms with van der Waals surface area (Å²) in [5.74, 6) is 0.397. The molecule has 0 radical (unpaired) electrons. The Labute approximate surface area is 109 Å². The first kappa shape index (κ1) is 12.6. The van der Waals surface area contributed by atoms with Crippen LogP contribution < -0.4 is 0 Å². The van der Waals surface area contributed by atoms with Gasteiger partial charge in [-0.15, -0.1) is 0 Å². The molecule has 0 amide bonds.